The molecule has 3 rings (SSSR count). The van der Waals surface area contributed by atoms with Gasteiger partial charge in [0.2, 0.25) is 0 Å². The maximum atomic E-state index is 11.7. The second kappa shape index (κ2) is 2.35. The molecule has 3 aliphatic carbocycles. The fraction of sp³-hybridized carbons (Fsp3) is 0.909. The lowest BCUT2D eigenvalue weighted by atomic mass is 9.84. The molecular weight excluding hydrogens is 164 g/mol. The lowest BCUT2D eigenvalue weighted by molar-refractivity contribution is -0.139. The van der Waals surface area contributed by atoms with Crippen molar-refractivity contribution in [1.82, 2.24) is 0 Å². The number of hydrogen-bond acceptors (Lipinski definition) is 2. The topological polar surface area (TPSA) is 37.3 Å². The highest BCUT2D eigenvalue weighted by Gasteiger charge is 2.61. The number of ketones is 1. The van der Waals surface area contributed by atoms with Crippen LogP contribution >= 0.6 is 0 Å². The van der Waals surface area contributed by atoms with Crippen molar-refractivity contribution in [3.63, 3.8) is 0 Å². The van der Waals surface area contributed by atoms with E-state index in [1.165, 1.54) is 12.8 Å². The second-order valence-electron chi connectivity index (χ2n) is 5.02. The molecule has 3 fully saturated rings. The van der Waals surface area contributed by atoms with E-state index in [9.17, 15) is 9.90 Å². The molecule has 0 unspecified atom stereocenters. The third-order valence-corrected chi connectivity index (χ3v) is 4.60. The standard InChI is InChI=1S/C11H16O2/c12-10-5-4-8-6-7-2-1-3-9(7)11(8,10)13/h7-9,13H,1-6H2/t7-,8-,9-,11+/m1/s1. The van der Waals surface area contributed by atoms with Crippen LogP contribution in [-0.4, -0.2) is 16.5 Å². The van der Waals surface area contributed by atoms with Crippen LogP contribution in [0.5, 0.6) is 0 Å². The second-order valence-corrected chi connectivity index (χ2v) is 5.02. The Hall–Kier alpha value is -0.370. The fourth-order valence-electron chi connectivity index (χ4n) is 4.02. The van der Waals surface area contributed by atoms with E-state index in [0.29, 0.717) is 24.2 Å². The van der Waals surface area contributed by atoms with E-state index in [1.54, 1.807) is 0 Å². The largest absolute Gasteiger partial charge is 0.381 e. The monoisotopic (exact) mass is 180 g/mol. The Morgan fingerprint density at radius 2 is 2.15 bits per heavy atom. The molecule has 0 radical (unpaired) electrons. The maximum absolute atomic E-state index is 11.7. The Morgan fingerprint density at radius 1 is 1.31 bits per heavy atom. The molecule has 0 aromatic rings. The normalized spacial score (nSPS) is 53.9. The summed E-state index contributed by atoms with van der Waals surface area (Å²) >= 11 is 0. The molecule has 1 N–H and O–H groups in total. The zero-order valence-electron chi connectivity index (χ0n) is 7.83. The van der Waals surface area contributed by atoms with Gasteiger partial charge in [-0.2, -0.15) is 0 Å². The molecule has 0 saturated heterocycles. The number of carbonyl (C=O) groups is 1. The summed E-state index contributed by atoms with van der Waals surface area (Å²) in [5.74, 6) is 1.45. The molecule has 0 heterocycles. The Bertz CT molecular complexity index is 261. The van der Waals surface area contributed by atoms with Gasteiger partial charge in [-0.05, 0) is 37.0 Å². The summed E-state index contributed by atoms with van der Waals surface area (Å²) in [6, 6.07) is 0. The highest BCUT2D eigenvalue weighted by atomic mass is 16.3. The fourth-order valence-corrected chi connectivity index (χ4v) is 4.02. The summed E-state index contributed by atoms with van der Waals surface area (Å²) in [6.45, 7) is 0. The lowest BCUT2D eigenvalue weighted by Gasteiger charge is -2.27. The predicted octanol–water partition coefficient (Wildman–Crippen LogP) is 1.52. The predicted molar refractivity (Wildman–Crippen MR) is 48.1 cm³/mol. The minimum absolute atomic E-state index is 0.145. The summed E-state index contributed by atoms with van der Waals surface area (Å²) in [4.78, 5) is 11.7. The quantitative estimate of drug-likeness (QED) is 0.613. The van der Waals surface area contributed by atoms with E-state index in [4.69, 9.17) is 0 Å². The molecule has 0 aromatic carbocycles. The Morgan fingerprint density at radius 3 is 3.00 bits per heavy atom. The Kier molecular flexibility index (Phi) is 1.44. The van der Waals surface area contributed by atoms with E-state index in [-0.39, 0.29) is 5.78 Å². The number of aliphatic hydroxyl groups is 1. The van der Waals surface area contributed by atoms with Gasteiger partial charge in [0.05, 0.1) is 0 Å². The molecule has 13 heavy (non-hydrogen) atoms. The van der Waals surface area contributed by atoms with Crippen molar-refractivity contribution in [3.8, 4) is 0 Å². The molecule has 0 aromatic heterocycles. The number of Topliss-reactive ketones (excluding diaryl/α,β-unsaturated/α-hetero) is 1. The first-order chi connectivity index (χ1) is 6.23. The first-order valence-electron chi connectivity index (χ1n) is 5.48. The van der Waals surface area contributed by atoms with Gasteiger partial charge in [0.15, 0.2) is 5.78 Å². The van der Waals surface area contributed by atoms with Crippen LogP contribution in [-0.2, 0) is 4.79 Å². The lowest BCUT2D eigenvalue weighted by Crippen LogP contribution is -2.42. The van der Waals surface area contributed by atoms with Crippen molar-refractivity contribution in [2.45, 2.75) is 44.1 Å². The van der Waals surface area contributed by atoms with E-state index in [1.807, 2.05) is 0 Å². The van der Waals surface area contributed by atoms with Crippen LogP contribution in [0.1, 0.15) is 38.5 Å². The minimum atomic E-state index is -0.874. The van der Waals surface area contributed by atoms with Crippen LogP contribution in [0.4, 0.5) is 0 Å². The molecule has 4 atom stereocenters. The van der Waals surface area contributed by atoms with Gasteiger partial charge in [0.1, 0.15) is 5.60 Å². The third-order valence-electron chi connectivity index (χ3n) is 4.60. The van der Waals surface area contributed by atoms with Crippen molar-refractivity contribution >= 4 is 5.78 Å². The van der Waals surface area contributed by atoms with Gasteiger partial charge in [0, 0.05) is 6.42 Å². The van der Waals surface area contributed by atoms with E-state index in [0.717, 1.165) is 19.3 Å². The van der Waals surface area contributed by atoms with Crippen molar-refractivity contribution in [1.29, 1.82) is 0 Å². The van der Waals surface area contributed by atoms with Crippen LogP contribution in [0, 0.1) is 17.8 Å². The van der Waals surface area contributed by atoms with Crippen LogP contribution in [0.2, 0.25) is 0 Å². The van der Waals surface area contributed by atoms with Crippen LogP contribution in [0.15, 0.2) is 0 Å². The van der Waals surface area contributed by atoms with E-state index in [2.05, 4.69) is 0 Å². The Labute approximate surface area is 78.3 Å². The van der Waals surface area contributed by atoms with Crippen molar-refractivity contribution in [2.24, 2.45) is 17.8 Å². The van der Waals surface area contributed by atoms with Gasteiger partial charge < -0.3 is 5.11 Å². The molecule has 2 heteroatoms. The third kappa shape index (κ3) is 0.804. The summed E-state index contributed by atoms with van der Waals surface area (Å²) in [6.07, 6.45) is 6.25. The van der Waals surface area contributed by atoms with E-state index < -0.39 is 5.60 Å². The summed E-state index contributed by atoms with van der Waals surface area (Å²) in [7, 11) is 0. The smallest absolute Gasteiger partial charge is 0.164 e. The van der Waals surface area contributed by atoms with Gasteiger partial charge in [-0.15, -0.1) is 0 Å². The van der Waals surface area contributed by atoms with Gasteiger partial charge in [0.25, 0.3) is 0 Å². The zero-order chi connectivity index (χ0) is 9.05. The van der Waals surface area contributed by atoms with Crippen molar-refractivity contribution in [2.75, 3.05) is 0 Å². The maximum Gasteiger partial charge on any atom is 0.164 e. The van der Waals surface area contributed by atoms with Gasteiger partial charge in [-0.1, -0.05) is 12.8 Å². The molecule has 0 amide bonds. The minimum Gasteiger partial charge on any atom is -0.381 e. The molecule has 0 spiro atoms. The molecule has 2 nitrogen and oxygen atoms in total. The molecule has 72 valence electrons. The molecule has 0 bridgehead atoms. The van der Waals surface area contributed by atoms with Gasteiger partial charge >= 0.3 is 0 Å². The van der Waals surface area contributed by atoms with Crippen molar-refractivity contribution in [3.05, 3.63) is 0 Å². The molecule has 0 aliphatic heterocycles. The number of hydrogen-bond donors (Lipinski definition) is 1. The first kappa shape index (κ1) is 7.98. The van der Waals surface area contributed by atoms with Gasteiger partial charge in [-0.3, -0.25) is 4.79 Å². The summed E-state index contributed by atoms with van der Waals surface area (Å²) in [5, 5.41) is 10.4. The van der Waals surface area contributed by atoms with E-state index >= 15 is 0 Å². The summed E-state index contributed by atoms with van der Waals surface area (Å²) < 4.78 is 0. The van der Waals surface area contributed by atoms with Crippen molar-refractivity contribution < 1.29 is 9.90 Å². The Balaban J connectivity index is 2.00. The average Bonchev–Trinajstić information content (AvgIpc) is 2.70. The zero-order valence-corrected chi connectivity index (χ0v) is 7.83. The first-order valence-corrected chi connectivity index (χ1v) is 5.48. The van der Waals surface area contributed by atoms with Crippen LogP contribution in [0.25, 0.3) is 0 Å². The highest BCUT2D eigenvalue weighted by molar-refractivity contribution is 5.90. The average molecular weight is 180 g/mol. The summed E-state index contributed by atoms with van der Waals surface area (Å²) in [5.41, 5.74) is -0.874. The van der Waals surface area contributed by atoms with Crippen LogP contribution in [0.3, 0.4) is 0 Å². The number of rotatable bonds is 0. The molecule has 3 aliphatic rings. The molecule has 3 saturated carbocycles. The SMILES string of the molecule is O=C1CC[C@@H]2C[C@H]3CCC[C@H]3[C@]12O. The molecular formula is C11H16O2. The van der Waals surface area contributed by atoms with Crippen LogP contribution < -0.4 is 0 Å². The highest BCUT2D eigenvalue weighted by Crippen LogP contribution is 2.57. The number of fused-ring (bicyclic) bond motifs is 3. The van der Waals surface area contributed by atoms with Gasteiger partial charge in [-0.25, -0.2) is 0 Å². The number of carbonyl (C=O) groups excluding carboxylic acids is 1.